The van der Waals surface area contributed by atoms with Gasteiger partial charge in [0.2, 0.25) is 0 Å². The Morgan fingerprint density at radius 3 is 2.29 bits per heavy atom. The second kappa shape index (κ2) is 10.2. The van der Waals surface area contributed by atoms with E-state index in [2.05, 4.69) is 20.2 Å². The van der Waals surface area contributed by atoms with Gasteiger partial charge in [-0.15, -0.1) is 0 Å². The largest absolute Gasteiger partial charge is 0.335 e. The molecule has 1 amide bonds. The van der Waals surface area contributed by atoms with E-state index in [0.29, 0.717) is 25.3 Å². The van der Waals surface area contributed by atoms with E-state index >= 15 is 0 Å². The quantitative estimate of drug-likeness (QED) is 0.638. The first-order valence-corrected chi connectivity index (χ1v) is 10.5. The lowest BCUT2D eigenvalue weighted by molar-refractivity contribution is 0.0619. The summed E-state index contributed by atoms with van der Waals surface area (Å²) in [6.07, 6.45) is 3.42. The molecule has 1 saturated heterocycles. The number of benzene rings is 1. The molecule has 1 atom stereocenters. The third-order valence-electron chi connectivity index (χ3n) is 5.51. The van der Waals surface area contributed by atoms with Crippen LogP contribution in [0.15, 0.2) is 73.1 Å². The molecule has 3 aromatic rings. The Labute approximate surface area is 181 Å². The number of nitrogens with zero attached hydrogens (tertiary/aromatic N) is 4. The van der Waals surface area contributed by atoms with Crippen molar-refractivity contribution in [3.8, 4) is 0 Å². The molecular formula is C24H26FN5O. The van der Waals surface area contributed by atoms with Crippen LogP contribution in [0, 0.1) is 5.82 Å². The summed E-state index contributed by atoms with van der Waals surface area (Å²) < 4.78 is 13.4. The minimum absolute atomic E-state index is 0.0244. The topological polar surface area (TPSA) is 61.4 Å². The van der Waals surface area contributed by atoms with Gasteiger partial charge in [0.15, 0.2) is 0 Å². The summed E-state index contributed by atoms with van der Waals surface area (Å²) >= 11 is 0. The summed E-state index contributed by atoms with van der Waals surface area (Å²) in [4.78, 5) is 25.4. The lowest BCUT2D eigenvalue weighted by Crippen LogP contribution is -2.50. The van der Waals surface area contributed by atoms with Crippen molar-refractivity contribution in [3.05, 3.63) is 95.8 Å². The van der Waals surface area contributed by atoms with Gasteiger partial charge in [0, 0.05) is 57.7 Å². The van der Waals surface area contributed by atoms with Gasteiger partial charge in [-0.25, -0.2) is 4.39 Å². The third kappa shape index (κ3) is 5.71. The van der Waals surface area contributed by atoms with Crippen molar-refractivity contribution < 1.29 is 9.18 Å². The number of carbonyl (C=O) groups excluding carboxylic acids is 1. The molecular weight excluding hydrogens is 393 g/mol. The zero-order chi connectivity index (χ0) is 21.5. The standard InChI is InChI=1S/C24H26FN5O/c25-20-9-7-19(8-10-20)23(28-17-21-5-1-3-11-26-21)18-29-13-15-30(16-14-29)24(31)22-6-2-4-12-27-22/h1-12,23,28H,13-18H2. The van der Waals surface area contributed by atoms with Crippen molar-refractivity contribution in [1.82, 2.24) is 25.1 Å². The number of hydrogen-bond donors (Lipinski definition) is 1. The van der Waals surface area contributed by atoms with E-state index in [1.165, 1.54) is 12.1 Å². The van der Waals surface area contributed by atoms with E-state index in [-0.39, 0.29) is 17.8 Å². The molecule has 4 rings (SSSR count). The van der Waals surface area contributed by atoms with Crippen LogP contribution in [0.25, 0.3) is 0 Å². The van der Waals surface area contributed by atoms with Crippen molar-refractivity contribution in [1.29, 1.82) is 0 Å². The molecule has 6 nitrogen and oxygen atoms in total. The Bertz CT molecular complexity index is 960. The fraction of sp³-hybridized carbons (Fsp3) is 0.292. The zero-order valence-electron chi connectivity index (χ0n) is 17.3. The molecule has 0 saturated carbocycles. The van der Waals surface area contributed by atoms with E-state index in [1.807, 2.05) is 47.4 Å². The molecule has 160 valence electrons. The van der Waals surface area contributed by atoms with Gasteiger partial charge in [-0.2, -0.15) is 0 Å². The summed E-state index contributed by atoms with van der Waals surface area (Å²) in [5, 5.41) is 3.56. The number of piperazine rings is 1. The summed E-state index contributed by atoms with van der Waals surface area (Å²) in [6, 6.07) is 17.9. The molecule has 1 unspecified atom stereocenters. The van der Waals surface area contributed by atoms with E-state index in [9.17, 15) is 9.18 Å². The first-order valence-electron chi connectivity index (χ1n) is 10.5. The van der Waals surface area contributed by atoms with Crippen LogP contribution in [0.3, 0.4) is 0 Å². The number of rotatable bonds is 7. The van der Waals surface area contributed by atoms with Crippen molar-refractivity contribution >= 4 is 5.91 Å². The number of nitrogens with one attached hydrogen (secondary N) is 1. The van der Waals surface area contributed by atoms with Gasteiger partial charge in [0.25, 0.3) is 5.91 Å². The zero-order valence-corrected chi connectivity index (χ0v) is 17.3. The number of aromatic nitrogens is 2. The fourth-order valence-corrected chi connectivity index (χ4v) is 3.76. The Morgan fingerprint density at radius 2 is 1.65 bits per heavy atom. The second-order valence-electron chi connectivity index (χ2n) is 7.61. The maximum Gasteiger partial charge on any atom is 0.272 e. The van der Waals surface area contributed by atoms with Crippen molar-refractivity contribution in [2.45, 2.75) is 12.6 Å². The fourth-order valence-electron chi connectivity index (χ4n) is 3.76. The van der Waals surface area contributed by atoms with Crippen LogP contribution < -0.4 is 5.32 Å². The average Bonchev–Trinajstić information content (AvgIpc) is 2.83. The maximum absolute atomic E-state index is 13.4. The van der Waals surface area contributed by atoms with Crippen LogP contribution in [0.1, 0.15) is 27.8 Å². The summed E-state index contributed by atoms with van der Waals surface area (Å²) in [5.41, 5.74) is 2.47. The molecule has 1 aromatic carbocycles. The van der Waals surface area contributed by atoms with Crippen molar-refractivity contribution in [2.75, 3.05) is 32.7 Å². The second-order valence-corrected chi connectivity index (χ2v) is 7.61. The normalized spacial score (nSPS) is 15.6. The van der Waals surface area contributed by atoms with Crippen LogP contribution in [-0.2, 0) is 6.54 Å². The lowest BCUT2D eigenvalue weighted by Gasteiger charge is -2.36. The molecule has 1 aliphatic rings. The summed E-state index contributed by atoms with van der Waals surface area (Å²) in [5.74, 6) is -0.266. The van der Waals surface area contributed by atoms with Crippen LogP contribution in [0.5, 0.6) is 0 Å². The van der Waals surface area contributed by atoms with Gasteiger partial charge in [0.1, 0.15) is 11.5 Å². The first kappa shape index (κ1) is 21.1. The molecule has 0 radical (unpaired) electrons. The Morgan fingerprint density at radius 1 is 0.935 bits per heavy atom. The number of carbonyl (C=O) groups is 1. The number of hydrogen-bond acceptors (Lipinski definition) is 5. The first-order chi connectivity index (χ1) is 15.2. The van der Waals surface area contributed by atoms with E-state index < -0.39 is 0 Å². The van der Waals surface area contributed by atoms with Crippen LogP contribution in [-0.4, -0.2) is 58.4 Å². The van der Waals surface area contributed by atoms with Gasteiger partial charge in [-0.1, -0.05) is 24.3 Å². The van der Waals surface area contributed by atoms with Gasteiger partial charge in [0.05, 0.1) is 5.69 Å². The maximum atomic E-state index is 13.4. The predicted molar refractivity (Wildman–Crippen MR) is 117 cm³/mol. The Hall–Kier alpha value is -3.16. The van der Waals surface area contributed by atoms with Crippen molar-refractivity contribution in [2.24, 2.45) is 0 Å². The van der Waals surface area contributed by atoms with Crippen LogP contribution in [0.2, 0.25) is 0 Å². The van der Waals surface area contributed by atoms with Gasteiger partial charge in [-0.3, -0.25) is 19.7 Å². The molecule has 3 heterocycles. The molecule has 1 aliphatic heterocycles. The van der Waals surface area contributed by atoms with E-state index in [0.717, 1.165) is 30.9 Å². The van der Waals surface area contributed by atoms with Gasteiger partial charge >= 0.3 is 0 Å². The van der Waals surface area contributed by atoms with E-state index in [1.54, 1.807) is 18.5 Å². The molecule has 0 aliphatic carbocycles. The highest BCUT2D eigenvalue weighted by atomic mass is 19.1. The SMILES string of the molecule is O=C(c1ccccn1)N1CCN(CC(NCc2ccccn2)c2ccc(F)cc2)CC1. The predicted octanol–water partition coefficient (Wildman–Crippen LogP) is 2.90. The third-order valence-corrected chi connectivity index (χ3v) is 5.51. The highest BCUT2D eigenvalue weighted by molar-refractivity contribution is 5.92. The number of pyridine rings is 2. The highest BCUT2D eigenvalue weighted by Crippen LogP contribution is 2.18. The number of halogens is 1. The van der Waals surface area contributed by atoms with Crippen molar-refractivity contribution in [3.63, 3.8) is 0 Å². The van der Waals surface area contributed by atoms with E-state index in [4.69, 9.17) is 0 Å². The molecule has 1 fully saturated rings. The van der Waals surface area contributed by atoms with Gasteiger partial charge < -0.3 is 10.2 Å². The summed E-state index contributed by atoms with van der Waals surface area (Å²) in [6.45, 7) is 4.27. The molecule has 1 N–H and O–H groups in total. The molecule has 7 heteroatoms. The van der Waals surface area contributed by atoms with Crippen LogP contribution in [0.4, 0.5) is 4.39 Å². The highest BCUT2D eigenvalue weighted by Gasteiger charge is 2.25. The lowest BCUT2D eigenvalue weighted by atomic mass is 10.1. The number of amides is 1. The van der Waals surface area contributed by atoms with Gasteiger partial charge in [-0.05, 0) is 42.0 Å². The van der Waals surface area contributed by atoms with Crippen LogP contribution >= 0.6 is 0 Å². The Kier molecular flexibility index (Phi) is 6.96. The molecule has 2 aromatic heterocycles. The monoisotopic (exact) mass is 419 g/mol. The molecule has 31 heavy (non-hydrogen) atoms. The summed E-state index contributed by atoms with van der Waals surface area (Å²) in [7, 11) is 0. The molecule has 0 bridgehead atoms. The smallest absolute Gasteiger partial charge is 0.272 e. The Balaban J connectivity index is 1.37. The molecule has 0 spiro atoms. The minimum Gasteiger partial charge on any atom is -0.335 e. The average molecular weight is 420 g/mol. The minimum atomic E-state index is -0.242.